The number of aliphatic carboxylic acids is 1. The standard InChI is InChI=1S/C18H22F2N2O4/c19-12-5-8-14(15(20)10-12)17(24)21-9-1-2-16(23)22-13-6-3-11(4-7-13)18(25)26/h5,8,10-11,13H,1-4,6-7,9H2,(H,21,24)(H,22,23)(H,25,26). The number of carboxylic acids is 1. The summed E-state index contributed by atoms with van der Waals surface area (Å²) in [4.78, 5) is 34.6. The minimum absolute atomic E-state index is 0.0130. The third-order valence-corrected chi connectivity index (χ3v) is 4.48. The van der Waals surface area contributed by atoms with Crippen LogP contribution >= 0.6 is 0 Å². The van der Waals surface area contributed by atoms with Gasteiger partial charge in [0.05, 0.1) is 11.5 Å². The number of amides is 2. The first-order valence-electron chi connectivity index (χ1n) is 8.62. The van der Waals surface area contributed by atoms with Gasteiger partial charge in [-0.25, -0.2) is 8.78 Å². The van der Waals surface area contributed by atoms with Crippen LogP contribution in [0.2, 0.25) is 0 Å². The van der Waals surface area contributed by atoms with Crippen LogP contribution < -0.4 is 10.6 Å². The highest BCUT2D eigenvalue weighted by Gasteiger charge is 2.26. The largest absolute Gasteiger partial charge is 0.481 e. The van der Waals surface area contributed by atoms with Gasteiger partial charge in [0.25, 0.3) is 5.91 Å². The quantitative estimate of drug-likeness (QED) is 0.643. The number of nitrogens with one attached hydrogen (secondary N) is 2. The number of halogens is 2. The Morgan fingerprint density at radius 3 is 2.42 bits per heavy atom. The van der Waals surface area contributed by atoms with Crippen molar-refractivity contribution in [2.45, 2.75) is 44.6 Å². The second-order valence-electron chi connectivity index (χ2n) is 6.44. The lowest BCUT2D eigenvalue weighted by molar-refractivity contribution is -0.142. The number of hydrogen-bond donors (Lipinski definition) is 3. The van der Waals surface area contributed by atoms with E-state index in [0.29, 0.717) is 38.2 Å². The third kappa shape index (κ3) is 5.79. The fourth-order valence-electron chi connectivity index (χ4n) is 3.00. The Labute approximate surface area is 150 Å². The van der Waals surface area contributed by atoms with Gasteiger partial charge in [0.15, 0.2) is 0 Å². The van der Waals surface area contributed by atoms with Crippen molar-refractivity contribution in [2.75, 3.05) is 6.54 Å². The molecule has 0 heterocycles. The first-order chi connectivity index (χ1) is 12.4. The molecular formula is C18H22F2N2O4. The second-order valence-corrected chi connectivity index (χ2v) is 6.44. The zero-order valence-electron chi connectivity index (χ0n) is 14.3. The number of carbonyl (C=O) groups excluding carboxylic acids is 2. The molecule has 6 nitrogen and oxygen atoms in total. The van der Waals surface area contributed by atoms with Gasteiger partial charge < -0.3 is 15.7 Å². The van der Waals surface area contributed by atoms with Crippen molar-refractivity contribution < 1.29 is 28.3 Å². The zero-order valence-corrected chi connectivity index (χ0v) is 14.3. The average Bonchev–Trinajstić information content (AvgIpc) is 2.59. The fraction of sp³-hybridized carbons (Fsp3) is 0.500. The molecule has 0 spiro atoms. The maximum absolute atomic E-state index is 13.5. The van der Waals surface area contributed by atoms with Gasteiger partial charge in [-0.3, -0.25) is 14.4 Å². The monoisotopic (exact) mass is 368 g/mol. The maximum Gasteiger partial charge on any atom is 0.306 e. The predicted molar refractivity (Wildman–Crippen MR) is 89.4 cm³/mol. The molecule has 0 radical (unpaired) electrons. The maximum atomic E-state index is 13.5. The summed E-state index contributed by atoms with van der Waals surface area (Å²) in [5.74, 6) is -3.63. The van der Waals surface area contributed by atoms with Crippen LogP contribution in [-0.2, 0) is 9.59 Å². The summed E-state index contributed by atoms with van der Waals surface area (Å²) in [6.45, 7) is 0.189. The van der Waals surface area contributed by atoms with Crippen LogP contribution in [0.25, 0.3) is 0 Å². The molecule has 1 aliphatic carbocycles. The van der Waals surface area contributed by atoms with Crippen LogP contribution in [0.4, 0.5) is 8.78 Å². The van der Waals surface area contributed by atoms with Crippen LogP contribution in [0.1, 0.15) is 48.9 Å². The molecule has 0 aliphatic heterocycles. The first-order valence-corrected chi connectivity index (χ1v) is 8.62. The molecule has 26 heavy (non-hydrogen) atoms. The van der Waals surface area contributed by atoms with E-state index in [1.165, 1.54) is 0 Å². The number of carbonyl (C=O) groups is 3. The van der Waals surface area contributed by atoms with E-state index in [9.17, 15) is 23.2 Å². The molecule has 0 saturated heterocycles. The molecule has 1 saturated carbocycles. The molecule has 142 valence electrons. The van der Waals surface area contributed by atoms with Crippen LogP contribution in [0, 0.1) is 17.6 Å². The molecule has 0 atom stereocenters. The lowest BCUT2D eigenvalue weighted by atomic mass is 9.86. The van der Waals surface area contributed by atoms with Crippen molar-refractivity contribution in [2.24, 2.45) is 5.92 Å². The summed E-state index contributed by atoms with van der Waals surface area (Å²) in [5, 5.41) is 14.3. The third-order valence-electron chi connectivity index (χ3n) is 4.48. The normalized spacial score (nSPS) is 19.6. The zero-order chi connectivity index (χ0) is 19.1. The minimum Gasteiger partial charge on any atom is -0.481 e. The molecule has 8 heteroatoms. The van der Waals surface area contributed by atoms with E-state index in [4.69, 9.17) is 5.11 Å². The highest BCUT2D eigenvalue weighted by Crippen LogP contribution is 2.24. The highest BCUT2D eigenvalue weighted by atomic mass is 19.1. The van der Waals surface area contributed by atoms with E-state index < -0.39 is 23.5 Å². The van der Waals surface area contributed by atoms with Crippen LogP contribution in [0.3, 0.4) is 0 Å². The average molecular weight is 368 g/mol. The van der Waals surface area contributed by atoms with E-state index in [1.807, 2.05) is 0 Å². The minimum atomic E-state index is -0.933. The van der Waals surface area contributed by atoms with E-state index in [1.54, 1.807) is 0 Å². The van der Waals surface area contributed by atoms with Crippen molar-refractivity contribution >= 4 is 17.8 Å². The molecule has 3 N–H and O–H groups in total. The van der Waals surface area contributed by atoms with Crippen molar-refractivity contribution in [3.8, 4) is 0 Å². The molecule has 1 fully saturated rings. The molecule has 0 bridgehead atoms. The van der Waals surface area contributed by atoms with E-state index in [2.05, 4.69) is 10.6 Å². The summed E-state index contributed by atoms with van der Waals surface area (Å²) in [7, 11) is 0. The number of hydrogen-bond acceptors (Lipinski definition) is 3. The van der Waals surface area contributed by atoms with Crippen molar-refractivity contribution in [1.82, 2.24) is 10.6 Å². The molecule has 0 unspecified atom stereocenters. The lowest BCUT2D eigenvalue weighted by Gasteiger charge is -2.26. The number of rotatable bonds is 7. The molecule has 1 aliphatic rings. The molecule has 2 rings (SSSR count). The number of benzene rings is 1. The fourth-order valence-corrected chi connectivity index (χ4v) is 3.00. The van der Waals surface area contributed by atoms with Crippen molar-refractivity contribution in [3.05, 3.63) is 35.4 Å². The van der Waals surface area contributed by atoms with E-state index >= 15 is 0 Å². The van der Waals surface area contributed by atoms with Crippen LogP contribution in [0.5, 0.6) is 0 Å². The summed E-state index contributed by atoms with van der Waals surface area (Å²) in [6, 6.07) is 2.70. The van der Waals surface area contributed by atoms with Gasteiger partial charge in [-0.15, -0.1) is 0 Å². The van der Waals surface area contributed by atoms with Crippen molar-refractivity contribution in [3.63, 3.8) is 0 Å². The van der Waals surface area contributed by atoms with Gasteiger partial charge in [0.1, 0.15) is 11.6 Å². The lowest BCUT2D eigenvalue weighted by Crippen LogP contribution is -2.39. The Kier molecular flexibility index (Phi) is 7.06. The topological polar surface area (TPSA) is 95.5 Å². The Bertz CT molecular complexity index is 673. The van der Waals surface area contributed by atoms with Gasteiger partial charge >= 0.3 is 5.97 Å². The van der Waals surface area contributed by atoms with E-state index in [0.717, 1.165) is 12.1 Å². The SMILES string of the molecule is O=C(CCCNC(=O)c1ccc(F)cc1F)NC1CCC(C(=O)O)CC1. The summed E-state index contributed by atoms with van der Waals surface area (Å²) < 4.78 is 26.3. The first kappa shape index (κ1) is 19.8. The Morgan fingerprint density at radius 2 is 1.81 bits per heavy atom. The van der Waals surface area contributed by atoms with Gasteiger partial charge in [-0.2, -0.15) is 0 Å². The van der Waals surface area contributed by atoms with Gasteiger partial charge in [0.2, 0.25) is 5.91 Å². The summed E-state index contributed by atoms with van der Waals surface area (Å²) in [6.07, 6.45) is 2.97. The van der Waals surface area contributed by atoms with Crippen LogP contribution in [0.15, 0.2) is 18.2 Å². The summed E-state index contributed by atoms with van der Waals surface area (Å²) >= 11 is 0. The van der Waals surface area contributed by atoms with Gasteiger partial charge in [0, 0.05) is 25.1 Å². The molecule has 2 amide bonds. The molecular weight excluding hydrogens is 346 g/mol. The number of carboxylic acid groups (broad SMARTS) is 1. The summed E-state index contributed by atoms with van der Waals surface area (Å²) in [5.41, 5.74) is -0.244. The van der Waals surface area contributed by atoms with Gasteiger partial charge in [-0.1, -0.05) is 0 Å². The van der Waals surface area contributed by atoms with Crippen LogP contribution in [-0.4, -0.2) is 35.5 Å². The molecule has 0 aromatic heterocycles. The second kappa shape index (κ2) is 9.26. The van der Waals surface area contributed by atoms with Crippen molar-refractivity contribution in [1.29, 1.82) is 0 Å². The smallest absolute Gasteiger partial charge is 0.306 e. The van der Waals surface area contributed by atoms with Gasteiger partial charge in [-0.05, 0) is 44.2 Å². The van der Waals surface area contributed by atoms with E-state index in [-0.39, 0.29) is 36.4 Å². The Hall–Kier alpha value is -2.51. The molecule has 1 aromatic rings. The predicted octanol–water partition coefficient (Wildman–Crippen LogP) is 2.23. The Morgan fingerprint density at radius 1 is 1.12 bits per heavy atom. The molecule has 1 aromatic carbocycles. The Balaban J connectivity index is 1.64. The highest BCUT2D eigenvalue weighted by molar-refractivity contribution is 5.94.